The zero-order valence-electron chi connectivity index (χ0n) is 10.2. The highest BCUT2D eigenvalue weighted by Gasteiger charge is 2.25. The maximum absolute atomic E-state index is 8.75. The second kappa shape index (κ2) is 6.22. The summed E-state index contributed by atoms with van der Waals surface area (Å²) in [7, 11) is 0. The van der Waals surface area contributed by atoms with Gasteiger partial charge in [-0.1, -0.05) is 12.8 Å². The van der Waals surface area contributed by atoms with E-state index in [1.807, 2.05) is 0 Å². The number of nitriles is 1. The summed E-state index contributed by atoms with van der Waals surface area (Å²) < 4.78 is 0. The highest BCUT2D eigenvalue weighted by molar-refractivity contribution is 4.86. The van der Waals surface area contributed by atoms with Crippen molar-refractivity contribution in [2.24, 2.45) is 0 Å². The molecule has 1 atom stereocenters. The smallest absolute Gasteiger partial charge is 0.0866 e. The number of rotatable bonds is 2. The average molecular weight is 221 g/mol. The lowest BCUT2D eigenvalue weighted by Crippen LogP contribution is -2.48. The fourth-order valence-corrected chi connectivity index (χ4v) is 3.03. The van der Waals surface area contributed by atoms with Crippen molar-refractivity contribution in [1.82, 2.24) is 9.80 Å². The third kappa shape index (κ3) is 3.20. The molecule has 16 heavy (non-hydrogen) atoms. The van der Waals surface area contributed by atoms with E-state index in [1.54, 1.807) is 0 Å². The fourth-order valence-electron chi connectivity index (χ4n) is 3.03. The highest BCUT2D eigenvalue weighted by atomic mass is 15.2. The van der Waals surface area contributed by atoms with Crippen LogP contribution in [-0.4, -0.2) is 48.6 Å². The van der Waals surface area contributed by atoms with Gasteiger partial charge in [-0.25, -0.2) is 0 Å². The predicted molar refractivity (Wildman–Crippen MR) is 65.1 cm³/mol. The van der Waals surface area contributed by atoms with E-state index in [-0.39, 0.29) is 0 Å². The van der Waals surface area contributed by atoms with Gasteiger partial charge in [0.1, 0.15) is 0 Å². The van der Waals surface area contributed by atoms with Gasteiger partial charge in [-0.05, 0) is 45.3 Å². The molecule has 0 radical (unpaired) electrons. The quantitative estimate of drug-likeness (QED) is 0.667. The van der Waals surface area contributed by atoms with Gasteiger partial charge in [-0.2, -0.15) is 5.26 Å². The van der Waals surface area contributed by atoms with E-state index in [9.17, 15) is 0 Å². The second-order valence-corrected chi connectivity index (χ2v) is 5.14. The number of likely N-dealkylation sites (tertiary alicyclic amines) is 2. The molecule has 0 N–H and O–H groups in total. The zero-order chi connectivity index (χ0) is 11.2. The van der Waals surface area contributed by atoms with Crippen molar-refractivity contribution in [3.8, 4) is 6.07 Å². The Hall–Kier alpha value is -0.590. The van der Waals surface area contributed by atoms with Crippen LogP contribution in [0, 0.1) is 11.3 Å². The molecule has 0 bridgehead atoms. The minimum absolute atomic E-state index is 0.615. The molecule has 2 aliphatic heterocycles. The van der Waals surface area contributed by atoms with E-state index >= 15 is 0 Å². The number of piperidine rings is 1. The first-order valence-electron chi connectivity index (χ1n) is 6.73. The Morgan fingerprint density at radius 2 is 1.75 bits per heavy atom. The third-order valence-electron chi connectivity index (χ3n) is 3.93. The fraction of sp³-hybridized carbons (Fsp3) is 0.923. The molecule has 90 valence electrons. The maximum atomic E-state index is 8.75. The summed E-state index contributed by atoms with van der Waals surface area (Å²) in [6.07, 6.45) is 8.16. The summed E-state index contributed by atoms with van der Waals surface area (Å²) in [5.74, 6) is 0. The molecule has 0 aromatic carbocycles. The predicted octanol–water partition coefficient (Wildman–Crippen LogP) is 1.85. The summed E-state index contributed by atoms with van der Waals surface area (Å²) in [5.41, 5.74) is 0. The summed E-state index contributed by atoms with van der Waals surface area (Å²) in [6, 6.07) is 3.00. The molecule has 2 rings (SSSR count). The Labute approximate surface area is 99.0 Å². The van der Waals surface area contributed by atoms with Gasteiger partial charge in [-0.3, -0.25) is 9.80 Å². The Bertz CT molecular complexity index is 238. The van der Waals surface area contributed by atoms with Crippen LogP contribution in [0.3, 0.4) is 0 Å². The Morgan fingerprint density at radius 3 is 2.44 bits per heavy atom. The van der Waals surface area contributed by atoms with Crippen molar-refractivity contribution in [2.45, 2.75) is 44.6 Å². The number of hydrogen-bond acceptors (Lipinski definition) is 3. The van der Waals surface area contributed by atoms with Crippen LogP contribution in [0.2, 0.25) is 0 Å². The van der Waals surface area contributed by atoms with Crippen molar-refractivity contribution in [3.05, 3.63) is 0 Å². The lowest BCUT2D eigenvalue weighted by atomic mass is 10.0. The van der Waals surface area contributed by atoms with E-state index < -0.39 is 0 Å². The Morgan fingerprint density at radius 1 is 1.00 bits per heavy atom. The van der Waals surface area contributed by atoms with Crippen molar-refractivity contribution in [3.63, 3.8) is 0 Å². The molecule has 0 amide bonds. The van der Waals surface area contributed by atoms with Crippen molar-refractivity contribution in [2.75, 3.05) is 32.7 Å². The molecular weight excluding hydrogens is 198 g/mol. The largest absolute Gasteiger partial charge is 0.299 e. The minimum Gasteiger partial charge on any atom is -0.299 e. The molecule has 0 unspecified atom stereocenters. The normalized spacial score (nSPS) is 29.6. The van der Waals surface area contributed by atoms with Crippen LogP contribution in [0.1, 0.15) is 38.5 Å². The topological polar surface area (TPSA) is 30.3 Å². The van der Waals surface area contributed by atoms with Crippen LogP contribution in [0.15, 0.2) is 0 Å². The Balaban J connectivity index is 1.85. The van der Waals surface area contributed by atoms with E-state index in [1.165, 1.54) is 51.6 Å². The molecule has 2 heterocycles. The van der Waals surface area contributed by atoms with E-state index in [0.717, 1.165) is 19.1 Å². The van der Waals surface area contributed by atoms with Crippen molar-refractivity contribution < 1.29 is 0 Å². The first-order valence-corrected chi connectivity index (χ1v) is 6.73. The summed E-state index contributed by atoms with van der Waals surface area (Å²) >= 11 is 0. The van der Waals surface area contributed by atoms with Crippen molar-refractivity contribution >= 4 is 0 Å². The van der Waals surface area contributed by atoms with Crippen LogP contribution < -0.4 is 0 Å². The lowest BCUT2D eigenvalue weighted by Gasteiger charge is -2.38. The van der Waals surface area contributed by atoms with Gasteiger partial charge in [-0.15, -0.1) is 0 Å². The second-order valence-electron chi connectivity index (χ2n) is 5.14. The SMILES string of the molecule is N#CCN1CCC[C@@H](N2CCCCCC2)C1. The summed E-state index contributed by atoms with van der Waals surface area (Å²) in [6.45, 7) is 5.42. The molecule has 3 nitrogen and oxygen atoms in total. The van der Waals surface area contributed by atoms with Gasteiger partial charge in [0.15, 0.2) is 0 Å². The van der Waals surface area contributed by atoms with E-state index in [0.29, 0.717) is 6.54 Å². The zero-order valence-corrected chi connectivity index (χ0v) is 10.2. The molecule has 2 fully saturated rings. The highest BCUT2D eigenvalue weighted by Crippen LogP contribution is 2.19. The molecule has 0 saturated carbocycles. The minimum atomic E-state index is 0.615. The van der Waals surface area contributed by atoms with Crippen LogP contribution in [-0.2, 0) is 0 Å². The van der Waals surface area contributed by atoms with Gasteiger partial charge >= 0.3 is 0 Å². The standard InChI is InChI=1S/C13H23N3/c14-7-11-15-8-5-6-13(12-15)16-9-3-1-2-4-10-16/h13H,1-6,8-12H2/t13-/m1/s1. The van der Waals surface area contributed by atoms with E-state index in [2.05, 4.69) is 15.9 Å². The number of nitrogens with zero attached hydrogens (tertiary/aromatic N) is 3. The van der Waals surface area contributed by atoms with E-state index in [4.69, 9.17) is 5.26 Å². The molecular formula is C13H23N3. The monoisotopic (exact) mass is 221 g/mol. The molecule has 0 aromatic heterocycles. The summed E-state index contributed by atoms with van der Waals surface area (Å²) in [5, 5.41) is 8.75. The summed E-state index contributed by atoms with van der Waals surface area (Å²) in [4.78, 5) is 5.00. The maximum Gasteiger partial charge on any atom is 0.0866 e. The van der Waals surface area contributed by atoms with Gasteiger partial charge < -0.3 is 0 Å². The first-order chi connectivity index (χ1) is 7.90. The van der Waals surface area contributed by atoms with Gasteiger partial charge in [0.25, 0.3) is 0 Å². The van der Waals surface area contributed by atoms with Crippen molar-refractivity contribution in [1.29, 1.82) is 5.26 Å². The Kier molecular flexibility index (Phi) is 4.62. The molecule has 2 aliphatic rings. The van der Waals surface area contributed by atoms with Gasteiger partial charge in [0.2, 0.25) is 0 Å². The van der Waals surface area contributed by atoms with Gasteiger partial charge in [0, 0.05) is 12.6 Å². The molecule has 3 heteroatoms. The van der Waals surface area contributed by atoms with Crippen LogP contribution in [0.25, 0.3) is 0 Å². The molecule has 0 aromatic rings. The number of hydrogen-bond donors (Lipinski definition) is 0. The van der Waals surface area contributed by atoms with Crippen LogP contribution in [0.4, 0.5) is 0 Å². The van der Waals surface area contributed by atoms with Crippen LogP contribution >= 0.6 is 0 Å². The average Bonchev–Trinajstić information content (AvgIpc) is 2.58. The third-order valence-corrected chi connectivity index (χ3v) is 3.93. The lowest BCUT2D eigenvalue weighted by molar-refractivity contribution is 0.108. The molecule has 0 spiro atoms. The molecule has 0 aliphatic carbocycles. The first kappa shape index (κ1) is 11.9. The molecule has 2 saturated heterocycles. The van der Waals surface area contributed by atoms with Crippen LogP contribution in [0.5, 0.6) is 0 Å². The van der Waals surface area contributed by atoms with Gasteiger partial charge in [0.05, 0.1) is 12.6 Å².